The zero-order valence-electron chi connectivity index (χ0n) is 24.6. The highest BCUT2D eigenvalue weighted by Gasteiger charge is 2.54. The minimum absolute atomic E-state index is 0.119. The molecule has 7 unspecified atom stereocenters. The highest BCUT2D eigenvalue weighted by Crippen LogP contribution is 2.47. The van der Waals surface area contributed by atoms with Crippen molar-refractivity contribution in [2.24, 2.45) is 0 Å². The molecule has 2 heterocycles. The van der Waals surface area contributed by atoms with Crippen LogP contribution >= 0.6 is 0 Å². The number of Topliss-reactive ketones (excluding diaryl/α,β-unsaturated/α-hetero) is 1. The molecule has 0 aromatic heterocycles. The molecule has 256 valence electrons. The van der Waals surface area contributed by atoms with E-state index < -0.39 is 120 Å². The van der Waals surface area contributed by atoms with Gasteiger partial charge in [0.2, 0.25) is 5.78 Å². The number of aliphatic hydroxyl groups is 8. The average molecular weight is 659 g/mol. The molecule has 0 amide bonds. The molecular formula is C29H38O17. The number of aromatic hydroxyl groups is 4. The largest absolute Gasteiger partial charge is 0.508 e. The summed E-state index contributed by atoms with van der Waals surface area (Å²) in [5.41, 5.74) is -2.81. The number of ketones is 1. The first-order valence-electron chi connectivity index (χ1n) is 14.2. The van der Waals surface area contributed by atoms with Gasteiger partial charge in [-0.05, 0) is 26.0 Å². The van der Waals surface area contributed by atoms with Gasteiger partial charge in [-0.15, -0.1) is 0 Å². The van der Waals surface area contributed by atoms with Crippen LogP contribution in [0.15, 0.2) is 30.3 Å². The van der Waals surface area contributed by atoms with Gasteiger partial charge in [-0.1, -0.05) is 6.07 Å². The third kappa shape index (κ3) is 6.57. The normalized spacial score (nSPS) is 31.3. The van der Waals surface area contributed by atoms with Crippen LogP contribution in [0, 0.1) is 0 Å². The van der Waals surface area contributed by atoms with Gasteiger partial charge >= 0.3 is 0 Å². The fraction of sp³-hybridized carbons (Fsp3) is 0.552. The predicted octanol–water partition coefficient (Wildman–Crippen LogP) is -2.97. The van der Waals surface area contributed by atoms with Crippen LogP contribution in [0.3, 0.4) is 0 Å². The quantitative estimate of drug-likeness (QED) is 0.107. The Kier molecular flexibility index (Phi) is 10.7. The van der Waals surface area contributed by atoms with Crippen molar-refractivity contribution in [1.29, 1.82) is 0 Å². The van der Waals surface area contributed by atoms with E-state index in [1.54, 1.807) is 0 Å². The summed E-state index contributed by atoms with van der Waals surface area (Å²) >= 11 is 0. The summed E-state index contributed by atoms with van der Waals surface area (Å²) in [6, 6.07) is 5.01. The number of ether oxygens (including phenoxy) is 4. The molecule has 17 nitrogen and oxygen atoms in total. The average Bonchev–Trinajstić information content (AvgIpc) is 3.01. The number of carbonyl (C=O) groups excluding carboxylic acids is 1. The van der Waals surface area contributed by atoms with E-state index >= 15 is 0 Å². The van der Waals surface area contributed by atoms with Crippen LogP contribution in [-0.4, -0.2) is 148 Å². The smallest absolute Gasteiger partial charge is 0.203 e. The highest BCUT2D eigenvalue weighted by molar-refractivity contribution is 6.06. The highest BCUT2D eigenvalue weighted by atomic mass is 16.7. The summed E-state index contributed by atoms with van der Waals surface area (Å²) in [6.45, 7) is 0.741. The number of benzene rings is 2. The maximum absolute atomic E-state index is 13.8. The third-order valence-electron chi connectivity index (χ3n) is 8.13. The van der Waals surface area contributed by atoms with Crippen LogP contribution < -0.4 is 4.74 Å². The second kappa shape index (κ2) is 13.8. The van der Waals surface area contributed by atoms with Gasteiger partial charge in [-0.25, -0.2) is 0 Å². The number of rotatable bonds is 11. The maximum Gasteiger partial charge on any atom is 0.203 e. The molecule has 12 N–H and O–H groups in total. The van der Waals surface area contributed by atoms with E-state index in [0.29, 0.717) is 0 Å². The second-order valence-electron chi connectivity index (χ2n) is 11.3. The molecule has 2 aromatic rings. The Labute approximate surface area is 261 Å². The number of carbonyl (C=O) groups is 1. The predicted molar refractivity (Wildman–Crippen MR) is 150 cm³/mol. The van der Waals surface area contributed by atoms with Crippen LogP contribution in [0.2, 0.25) is 0 Å². The van der Waals surface area contributed by atoms with Gasteiger partial charge in [-0.2, -0.15) is 0 Å². The summed E-state index contributed by atoms with van der Waals surface area (Å²) in [6.07, 6.45) is -19.0. The van der Waals surface area contributed by atoms with E-state index in [2.05, 4.69) is 0 Å². The van der Waals surface area contributed by atoms with Gasteiger partial charge in [0, 0.05) is 17.7 Å². The molecule has 0 aliphatic carbocycles. The lowest BCUT2D eigenvalue weighted by Gasteiger charge is -2.44. The summed E-state index contributed by atoms with van der Waals surface area (Å²) in [4.78, 5) is 13.8. The lowest BCUT2D eigenvalue weighted by atomic mass is 9.81. The van der Waals surface area contributed by atoms with Crippen molar-refractivity contribution in [3.63, 3.8) is 0 Å². The Morgan fingerprint density at radius 1 is 0.870 bits per heavy atom. The minimum Gasteiger partial charge on any atom is -0.508 e. The topological polar surface area (TPSA) is 297 Å². The fourth-order valence-corrected chi connectivity index (χ4v) is 5.33. The molecule has 2 aliphatic heterocycles. The van der Waals surface area contributed by atoms with Gasteiger partial charge in [-0.3, -0.25) is 4.79 Å². The number of phenols is 4. The molecule has 1 fully saturated rings. The first-order valence-corrected chi connectivity index (χ1v) is 14.2. The van der Waals surface area contributed by atoms with Crippen LogP contribution in [0.5, 0.6) is 28.7 Å². The van der Waals surface area contributed by atoms with Crippen molar-refractivity contribution in [2.45, 2.75) is 86.8 Å². The van der Waals surface area contributed by atoms with Crippen molar-refractivity contribution < 1.29 is 85.0 Å². The van der Waals surface area contributed by atoms with E-state index in [-0.39, 0.29) is 11.3 Å². The molecule has 2 aliphatic rings. The summed E-state index contributed by atoms with van der Waals surface area (Å²) < 4.78 is 22.2. The Balaban J connectivity index is 1.55. The van der Waals surface area contributed by atoms with Crippen LogP contribution in [0.1, 0.15) is 29.8 Å². The Hall–Kier alpha value is -3.33. The van der Waals surface area contributed by atoms with Gasteiger partial charge in [0.15, 0.2) is 29.5 Å². The Bertz CT molecular complexity index is 1390. The molecular weight excluding hydrogens is 620 g/mol. The molecule has 0 spiro atoms. The van der Waals surface area contributed by atoms with E-state index in [4.69, 9.17) is 18.9 Å². The first-order chi connectivity index (χ1) is 21.5. The SMILES string of the molecule is CC1OC(OCC(O)[C@@H](O)C(O)C(O)[C@@H](C)O[C@@H]2C(=O)c3c(O)cc(O)cc3O[C@@]2(CO)c2ccc(O)c(O)c2)C(O)C(O)[C@H]1O. The van der Waals surface area contributed by atoms with Crippen molar-refractivity contribution in [2.75, 3.05) is 13.2 Å². The van der Waals surface area contributed by atoms with E-state index in [9.17, 15) is 66.1 Å². The molecule has 4 rings (SSSR count). The van der Waals surface area contributed by atoms with Crippen molar-refractivity contribution in [3.8, 4) is 28.7 Å². The molecule has 17 heteroatoms. The van der Waals surface area contributed by atoms with E-state index in [1.807, 2.05) is 0 Å². The lowest BCUT2D eigenvalue weighted by molar-refractivity contribution is -0.299. The monoisotopic (exact) mass is 658 g/mol. The van der Waals surface area contributed by atoms with Crippen LogP contribution in [-0.2, 0) is 19.8 Å². The summed E-state index contributed by atoms with van der Waals surface area (Å²) in [5.74, 6) is -3.83. The number of hydrogen-bond donors (Lipinski definition) is 12. The molecule has 0 radical (unpaired) electrons. The number of phenolic OH excluding ortho intramolecular Hbond substituents is 4. The van der Waals surface area contributed by atoms with Crippen molar-refractivity contribution in [1.82, 2.24) is 0 Å². The third-order valence-corrected chi connectivity index (χ3v) is 8.13. The zero-order valence-corrected chi connectivity index (χ0v) is 24.6. The molecule has 0 bridgehead atoms. The van der Waals surface area contributed by atoms with Gasteiger partial charge in [0.05, 0.1) is 25.4 Å². The number of aliphatic hydroxyl groups excluding tert-OH is 8. The molecule has 1 saturated heterocycles. The Morgan fingerprint density at radius 2 is 1.54 bits per heavy atom. The van der Waals surface area contributed by atoms with Crippen molar-refractivity contribution >= 4 is 5.78 Å². The summed E-state index contributed by atoms with van der Waals surface area (Å²) in [5, 5.41) is 123. The summed E-state index contributed by atoms with van der Waals surface area (Å²) in [7, 11) is 0. The first kappa shape index (κ1) is 35.5. The number of fused-ring (bicyclic) bond motifs is 1. The van der Waals surface area contributed by atoms with Crippen molar-refractivity contribution in [3.05, 3.63) is 41.5 Å². The second-order valence-corrected chi connectivity index (χ2v) is 11.3. The maximum atomic E-state index is 13.8. The lowest BCUT2D eigenvalue weighted by Crippen LogP contribution is -2.59. The van der Waals surface area contributed by atoms with E-state index in [1.165, 1.54) is 19.9 Å². The molecule has 2 aromatic carbocycles. The molecule has 0 saturated carbocycles. The molecule has 12 atom stereocenters. The zero-order chi connectivity index (χ0) is 34.2. The van der Waals surface area contributed by atoms with E-state index in [0.717, 1.165) is 24.3 Å². The number of hydrogen-bond acceptors (Lipinski definition) is 17. The fourth-order valence-electron chi connectivity index (χ4n) is 5.33. The van der Waals surface area contributed by atoms with Crippen LogP contribution in [0.25, 0.3) is 0 Å². The van der Waals surface area contributed by atoms with Gasteiger partial charge in [0.1, 0.15) is 65.5 Å². The minimum atomic E-state index is -2.23. The molecule has 46 heavy (non-hydrogen) atoms. The van der Waals surface area contributed by atoms with Crippen LogP contribution in [0.4, 0.5) is 0 Å². The Morgan fingerprint density at radius 3 is 2.17 bits per heavy atom. The standard InChI is InChI=1S/C29H38O17/c1-10(20(36)24(40)22(38)17(35)8-43-28-26(42)25(41)21(37)11(2)45-28)44-27-23(39)19-16(34)6-13(31)7-18(19)46-29(27,9-30)12-3-4-14(32)15(33)5-12/h3-7,10-11,17,20-22,24-28,30-38,40-42H,8-9H2,1-2H3/t10-,11?,17?,20?,21+,22-,24?,25?,26?,27-,28?,29+/m1/s1. The van der Waals surface area contributed by atoms with Gasteiger partial charge < -0.3 is 80.2 Å². The van der Waals surface area contributed by atoms with Gasteiger partial charge in [0.25, 0.3) is 0 Å².